The molecule has 17 heavy (non-hydrogen) atoms. The van der Waals surface area contributed by atoms with Gasteiger partial charge in [0.15, 0.2) is 0 Å². The lowest BCUT2D eigenvalue weighted by Crippen LogP contribution is -2.38. The summed E-state index contributed by atoms with van der Waals surface area (Å²) in [7, 11) is 0. The molecule has 0 amide bonds. The second kappa shape index (κ2) is 5.98. The van der Waals surface area contributed by atoms with Crippen LogP contribution in [0.3, 0.4) is 0 Å². The summed E-state index contributed by atoms with van der Waals surface area (Å²) in [4.78, 5) is 4.14. The summed E-state index contributed by atoms with van der Waals surface area (Å²) in [6, 6.07) is 1.69. The summed E-state index contributed by atoms with van der Waals surface area (Å²) in [5.74, 6) is 0.743. The Labute approximate surface area is 103 Å². The highest BCUT2D eigenvalue weighted by atomic mass is 16.5. The number of nitrogens with zero attached hydrogens (tertiary/aromatic N) is 1. The molecule has 0 saturated heterocycles. The predicted octanol–water partition coefficient (Wildman–Crippen LogP) is 2.30. The maximum absolute atomic E-state index is 6.20. The molecule has 0 aliphatic rings. The van der Waals surface area contributed by atoms with Crippen LogP contribution in [0.1, 0.15) is 39.3 Å². The van der Waals surface area contributed by atoms with Gasteiger partial charge >= 0.3 is 0 Å². The number of hydrogen-bond acceptors (Lipinski definition) is 4. The zero-order valence-corrected chi connectivity index (χ0v) is 11.1. The Morgan fingerprint density at radius 2 is 2.00 bits per heavy atom. The number of pyridine rings is 1. The summed E-state index contributed by atoms with van der Waals surface area (Å²) < 4.78 is 11.1. The third-order valence-electron chi connectivity index (χ3n) is 2.67. The fourth-order valence-corrected chi connectivity index (χ4v) is 1.71. The van der Waals surface area contributed by atoms with Crippen LogP contribution in [-0.4, -0.2) is 23.8 Å². The molecule has 2 N–H and O–H groups in total. The highest BCUT2D eigenvalue weighted by Crippen LogP contribution is 2.27. The van der Waals surface area contributed by atoms with Crippen molar-refractivity contribution in [1.82, 2.24) is 4.98 Å². The van der Waals surface area contributed by atoms with Gasteiger partial charge < -0.3 is 15.2 Å². The van der Waals surface area contributed by atoms with Gasteiger partial charge in [0.05, 0.1) is 24.4 Å². The quantitative estimate of drug-likeness (QED) is 0.826. The van der Waals surface area contributed by atoms with Crippen molar-refractivity contribution in [2.24, 2.45) is 5.73 Å². The first-order valence-corrected chi connectivity index (χ1v) is 5.98. The Hall–Kier alpha value is -1.13. The van der Waals surface area contributed by atoms with Gasteiger partial charge in [-0.05, 0) is 39.3 Å². The van der Waals surface area contributed by atoms with Gasteiger partial charge in [-0.2, -0.15) is 0 Å². The normalized spacial score (nSPS) is 13.5. The van der Waals surface area contributed by atoms with Crippen LogP contribution in [0.4, 0.5) is 0 Å². The molecule has 4 heteroatoms. The predicted molar refractivity (Wildman–Crippen MR) is 68.0 cm³/mol. The van der Waals surface area contributed by atoms with E-state index in [1.807, 2.05) is 33.8 Å². The lowest BCUT2D eigenvalue weighted by Gasteiger charge is -2.31. The molecule has 0 saturated carbocycles. The SMILES string of the molecule is CCOc1cncc(C(N)C(C)(C)OCC)c1. The molecule has 1 unspecified atom stereocenters. The minimum Gasteiger partial charge on any atom is -0.492 e. The first kappa shape index (κ1) is 13.9. The van der Waals surface area contributed by atoms with Crippen molar-refractivity contribution in [3.05, 3.63) is 24.0 Å². The Balaban J connectivity index is 2.87. The second-order valence-corrected chi connectivity index (χ2v) is 4.40. The van der Waals surface area contributed by atoms with Crippen LogP contribution in [0.5, 0.6) is 5.75 Å². The molecule has 4 nitrogen and oxygen atoms in total. The van der Waals surface area contributed by atoms with Crippen molar-refractivity contribution in [3.63, 3.8) is 0 Å². The Kier molecular flexibility index (Phi) is 4.90. The topological polar surface area (TPSA) is 57.4 Å². The minimum atomic E-state index is -0.415. The summed E-state index contributed by atoms with van der Waals surface area (Å²) in [5, 5.41) is 0. The average Bonchev–Trinajstić information content (AvgIpc) is 2.29. The first-order chi connectivity index (χ1) is 8.01. The highest BCUT2D eigenvalue weighted by molar-refractivity contribution is 5.27. The van der Waals surface area contributed by atoms with Crippen LogP contribution >= 0.6 is 0 Å². The van der Waals surface area contributed by atoms with Crippen molar-refractivity contribution in [1.29, 1.82) is 0 Å². The molecular formula is C13H22N2O2. The highest BCUT2D eigenvalue weighted by Gasteiger charge is 2.28. The molecule has 96 valence electrons. The van der Waals surface area contributed by atoms with Gasteiger partial charge in [-0.15, -0.1) is 0 Å². The summed E-state index contributed by atoms with van der Waals surface area (Å²) >= 11 is 0. The van der Waals surface area contributed by atoms with Crippen LogP contribution < -0.4 is 10.5 Å². The van der Waals surface area contributed by atoms with E-state index in [1.54, 1.807) is 12.4 Å². The molecule has 0 fully saturated rings. The van der Waals surface area contributed by atoms with Crippen molar-refractivity contribution in [3.8, 4) is 5.75 Å². The number of hydrogen-bond donors (Lipinski definition) is 1. The van der Waals surface area contributed by atoms with E-state index in [2.05, 4.69) is 4.98 Å². The number of rotatable bonds is 6. The van der Waals surface area contributed by atoms with Crippen LogP contribution in [0.25, 0.3) is 0 Å². The lowest BCUT2D eigenvalue weighted by molar-refractivity contribution is -0.0299. The molecule has 0 bridgehead atoms. The minimum absolute atomic E-state index is 0.227. The van der Waals surface area contributed by atoms with Gasteiger partial charge in [0.2, 0.25) is 0 Å². The van der Waals surface area contributed by atoms with Crippen molar-refractivity contribution in [2.75, 3.05) is 13.2 Å². The zero-order valence-electron chi connectivity index (χ0n) is 11.1. The molecular weight excluding hydrogens is 216 g/mol. The van der Waals surface area contributed by atoms with Gasteiger partial charge in [0.1, 0.15) is 5.75 Å². The Morgan fingerprint density at radius 1 is 1.29 bits per heavy atom. The molecule has 0 spiro atoms. The summed E-state index contributed by atoms with van der Waals surface area (Å²) in [5.41, 5.74) is 6.71. The molecule has 1 aromatic heterocycles. The summed E-state index contributed by atoms with van der Waals surface area (Å²) in [6.07, 6.45) is 3.45. The van der Waals surface area contributed by atoms with E-state index in [1.165, 1.54) is 0 Å². The fourth-order valence-electron chi connectivity index (χ4n) is 1.71. The first-order valence-electron chi connectivity index (χ1n) is 5.98. The van der Waals surface area contributed by atoms with E-state index in [-0.39, 0.29) is 6.04 Å². The lowest BCUT2D eigenvalue weighted by atomic mass is 9.93. The maximum atomic E-state index is 6.20. The van der Waals surface area contributed by atoms with Crippen molar-refractivity contribution in [2.45, 2.75) is 39.3 Å². The largest absolute Gasteiger partial charge is 0.492 e. The Morgan fingerprint density at radius 3 is 2.59 bits per heavy atom. The zero-order chi connectivity index (χ0) is 12.9. The Bertz CT molecular complexity index is 353. The molecule has 1 atom stereocenters. The molecule has 0 aliphatic carbocycles. The second-order valence-electron chi connectivity index (χ2n) is 4.40. The van der Waals surface area contributed by atoms with Crippen LogP contribution in [-0.2, 0) is 4.74 Å². The van der Waals surface area contributed by atoms with Crippen LogP contribution in [0.2, 0.25) is 0 Å². The van der Waals surface area contributed by atoms with Gasteiger partial charge in [-0.3, -0.25) is 4.98 Å². The van der Waals surface area contributed by atoms with Gasteiger partial charge in [-0.25, -0.2) is 0 Å². The standard InChI is InChI=1S/C13H22N2O2/c1-5-16-11-7-10(8-15-9-11)12(14)13(3,4)17-6-2/h7-9,12H,5-6,14H2,1-4H3. The molecule has 0 aliphatic heterocycles. The summed E-state index contributed by atoms with van der Waals surface area (Å²) in [6.45, 7) is 9.12. The van der Waals surface area contributed by atoms with E-state index in [0.29, 0.717) is 13.2 Å². The number of aromatic nitrogens is 1. The molecule has 1 rings (SSSR count). The van der Waals surface area contributed by atoms with Crippen molar-refractivity contribution < 1.29 is 9.47 Å². The molecule has 1 aromatic rings. The molecule has 0 aromatic carbocycles. The van der Waals surface area contributed by atoms with Crippen LogP contribution in [0.15, 0.2) is 18.5 Å². The molecule has 1 heterocycles. The van der Waals surface area contributed by atoms with E-state index >= 15 is 0 Å². The maximum Gasteiger partial charge on any atom is 0.137 e. The number of nitrogens with two attached hydrogens (primary N) is 1. The van der Waals surface area contributed by atoms with E-state index in [4.69, 9.17) is 15.2 Å². The van der Waals surface area contributed by atoms with E-state index in [0.717, 1.165) is 11.3 Å². The van der Waals surface area contributed by atoms with Gasteiger partial charge in [-0.1, -0.05) is 0 Å². The van der Waals surface area contributed by atoms with Gasteiger partial charge in [0, 0.05) is 12.8 Å². The van der Waals surface area contributed by atoms with Crippen molar-refractivity contribution >= 4 is 0 Å². The number of ether oxygens (including phenoxy) is 2. The van der Waals surface area contributed by atoms with E-state index in [9.17, 15) is 0 Å². The monoisotopic (exact) mass is 238 g/mol. The third-order valence-corrected chi connectivity index (χ3v) is 2.67. The third kappa shape index (κ3) is 3.68. The van der Waals surface area contributed by atoms with Crippen LogP contribution in [0, 0.1) is 0 Å². The molecule has 0 radical (unpaired) electrons. The fraction of sp³-hybridized carbons (Fsp3) is 0.615. The smallest absolute Gasteiger partial charge is 0.137 e. The average molecular weight is 238 g/mol. The van der Waals surface area contributed by atoms with E-state index < -0.39 is 5.60 Å². The van der Waals surface area contributed by atoms with Gasteiger partial charge in [0.25, 0.3) is 0 Å².